The van der Waals surface area contributed by atoms with Crippen molar-refractivity contribution in [3.8, 4) is 0 Å². The van der Waals surface area contributed by atoms with Gasteiger partial charge in [0.2, 0.25) is 0 Å². The summed E-state index contributed by atoms with van der Waals surface area (Å²) in [6.45, 7) is 11.9. The van der Waals surface area contributed by atoms with Crippen LogP contribution in [0.2, 0.25) is 0 Å². The number of aliphatic imine (C=N–C) groups is 1. The predicted molar refractivity (Wildman–Crippen MR) is 142 cm³/mol. The van der Waals surface area contributed by atoms with Crippen LogP contribution in [-0.4, -0.2) is 46.8 Å². The van der Waals surface area contributed by atoms with Crippen molar-refractivity contribution in [3.63, 3.8) is 0 Å². The SMILES string of the molecule is CCNC(=NCc1ccc(S(C)(=O)=O)c(C)c1)NCCN(CC)c1cccc(C)c1.I. The minimum atomic E-state index is -3.20. The van der Waals surface area contributed by atoms with Crippen LogP contribution in [0, 0.1) is 13.8 Å². The largest absolute Gasteiger partial charge is 0.370 e. The average Bonchev–Trinajstić information content (AvgIpc) is 2.68. The molecule has 0 atom stereocenters. The normalized spacial score (nSPS) is 11.6. The smallest absolute Gasteiger partial charge is 0.191 e. The highest BCUT2D eigenvalue weighted by Crippen LogP contribution is 2.17. The van der Waals surface area contributed by atoms with E-state index in [2.05, 4.69) is 58.6 Å². The zero-order valence-electron chi connectivity index (χ0n) is 19.1. The van der Waals surface area contributed by atoms with E-state index in [1.165, 1.54) is 17.5 Å². The lowest BCUT2D eigenvalue weighted by Crippen LogP contribution is -2.41. The summed E-state index contributed by atoms with van der Waals surface area (Å²) in [4.78, 5) is 7.35. The molecule has 0 aliphatic carbocycles. The van der Waals surface area contributed by atoms with Crippen molar-refractivity contribution in [2.24, 2.45) is 4.99 Å². The average molecular weight is 559 g/mol. The Morgan fingerprint density at radius 2 is 1.81 bits per heavy atom. The molecule has 0 heterocycles. The van der Waals surface area contributed by atoms with Crippen molar-refractivity contribution in [3.05, 3.63) is 59.2 Å². The molecule has 2 aromatic rings. The summed E-state index contributed by atoms with van der Waals surface area (Å²) in [5.74, 6) is 0.752. The quantitative estimate of drug-likeness (QED) is 0.278. The molecule has 0 unspecified atom stereocenters. The summed E-state index contributed by atoms with van der Waals surface area (Å²) in [6.07, 6.45) is 1.23. The molecule has 8 heteroatoms. The lowest BCUT2D eigenvalue weighted by molar-refractivity contribution is 0.601. The van der Waals surface area contributed by atoms with E-state index >= 15 is 0 Å². The van der Waals surface area contributed by atoms with E-state index in [4.69, 9.17) is 0 Å². The van der Waals surface area contributed by atoms with E-state index in [0.717, 1.165) is 43.3 Å². The molecule has 0 radical (unpaired) electrons. The van der Waals surface area contributed by atoms with Gasteiger partial charge in [-0.2, -0.15) is 0 Å². The maximum atomic E-state index is 11.8. The molecule has 0 aromatic heterocycles. The number of benzene rings is 2. The summed E-state index contributed by atoms with van der Waals surface area (Å²) in [5.41, 5.74) is 4.21. The summed E-state index contributed by atoms with van der Waals surface area (Å²) in [5, 5.41) is 6.66. The first-order chi connectivity index (χ1) is 14.2. The molecule has 31 heavy (non-hydrogen) atoms. The van der Waals surface area contributed by atoms with Crippen LogP contribution in [0.5, 0.6) is 0 Å². The first-order valence-electron chi connectivity index (χ1n) is 10.4. The molecule has 2 rings (SSSR count). The number of nitrogens with zero attached hydrogens (tertiary/aromatic N) is 2. The maximum absolute atomic E-state index is 11.8. The number of anilines is 1. The van der Waals surface area contributed by atoms with Crippen molar-refractivity contribution in [1.29, 1.82) is 0 Å². The fourth-order valence-corrected chi connectivity index (χ4v) is 4.30. The van der Waals surface area contributed by atoms with Gasteiger partial charge in [-0.15, -0.1) is 24.0 Å². The third-order valence-corrected chi connectivity index (χ3v) is 6.08. The van der Waals surface area contributed by atoms with Gasteiger partial charge in [0.1, 0.15) is 0 Å². The molecule has 0 amide bonds. The number of halogens is 1. The van der Waals surface area contributed by atoms with Crippen LogP contribution in [0.4, 0.5) is 5.69 Å². The molecule has 2 N–H and O–H groups in total. The monoisotopic (exact) mass is 558 g/mol. The Morgan fingerprint density at radius 1 is 1.06 bits per heavy atom. The molecular weight excluding hydrogens is 523 g/mol. The molecule has 0 bridgehead atoms. The van der Waals surface area contributed by atoms with Crippen molar-refractivity contribution < 1.29 is 8.42 Å². The van der Waals surface area contributed by atoms with E-state index < -0.39 is 9.84 Å². The van der Waals surface area contributed by atoms with Crippen molar-refractivity contribution in [2.45, 2.75) is 39.1 Å². The molecule has 0 saturated heterocycles. The highest BCUT2D eigenvalue weighted by Gasteiger charge is 2.11. The Bertz CT molecular complexity index is 977. The van der Waals surface area contributed by atoms with Crippen LogP contribution in [-0.2, 0) is 16.4 Å². The van der Waals surface area contributed by atoms with Gasteiger partial charge in [-0.3, -0.25) is 0 Å². The second-order valence-corrected chi connectivity index (χ2v) is 9.40. The van der Waals surface area contributed by atoms with Gasteiger partial charge in [0, 0.05) is 38.1 Å². The van der Waals surface area contributed by atoms with Crippen molar-refractivity contribution in [2.75, 3.05) is 37.3 Å². The fourth-order valence-electron chi connectivity index (χ4n) is 3.34. The van der Waals surface area contributed by atoms with Crippen LogP contribution in [0.15, 0.2) is 52.4 Å². The number of nitrogens with one attached hydrogen (secondary N) is 2. The van der Waals surface area contributed by atoms with Crippen LogP contribution >= 0.6 is 24.0 Å². The topological polar surface area (TPSA) is 73.8 Å². The molecule has 0 fully saturated rings. The molecule has 0 aliphatic rings. The van der Waals surface area contributed by atoms with Gasteiger partial charge >= 0.3 is 0 Å². The van der Waals surface area contributed by atoms with E-state index in [-0.39, 0.29) is 24.0 Å². The first kappa shape index (κ1) is 27.2. The number of hydrogen-bond acceptors (Lipinski definition) is 4. The van der Waals surface area contributed by atoms with Crippen LogP contribution in [0.1, 0.15) is 30.5 Å². The molecule has 0 spiro atoms. The number of sulfone groups is 1. The minimum Gasteiger partial charge on any atom is -0.370 e. The Hall–Kier alpha value is -1.81. The maximum Gasteiger partial charge on any atom is 0.191 e. The van der Waals surface area contributed by atoms with Gasteiger partial charge in [0.25, 0.3) is 0 Å². The molecule has 172 valence electrons. The molecule has 2 aromatic carbocycles. The van der Waals surface area contributed by atoms with Crippen molar-refractivity contribution >= 4 is 45.5 Å². The van der Waals surface area contributed by atoms with E-state index in [1.807, 2.05) is 26.0 Å². The summed E-state index contributed by atoms with van der Waals surface area (Å²) < 4.78 is 23.6. The Kier molecular flexibility index (Phi) is 11.3. The van der Waals surface area contributed by atoms with E-state index in [9.17, 15) is 8.42 Å². The molecule has 0 saturated carbocycles. The lowest BCUT2D eigenvalue weighted by Gasteiger charge is -2.24. The van der Waals surface area contributed by atoms with Gasteiger partial charge in [0.05, 0.1) is 11.4 Å². The molecular formula is C23H35IN4O2S. The Labute approximate surface area is 204 Å². The minimum absolute atomic E-state index is 0. The molecule has 0 aliphatic heterocycles. The highest BCUT2D eigenvalue weighted by atomic mass is 127. The van der Waals surface area contributed by atoms with Gasteiger partial charge in [-0.1, -0.05) is 24.3 Å². The second-order valence-electron chi connectivity index (χ2n) is 7.41. The van der Waals surface area contributed by atoms with Gasteiger partial charge < -0.3 is 15.5 Å². The Morgan fingerprint density at radius 3 is 2.39 bits per heavy atom. The zero-order chi connectivity index (χ0) is 22.1. The fraction of sp³-hybridized carbons (Fsp3) is 0.435. The number of rotatable bonds is 9. The van der Waals surface area contributed by atoms with Crippen LogP contribution in [0.3, 0.4) is 0 Å². The third-order valence-electron chi connectivity index (χ3n) is 4.83. The second kappa shape index (κ2) is 12.9. The Balaban J connectivity index is 0.00000480. The van der Waals surface area contributed by atoms with E-state index in [0.29, 0.717) is 11.4 Å². The van der Waals surface area contributed by atoms with Crippen LogP contribution < -0.4 is 15.5 Å². The van der Waals surface area contributed by atoms with Gasteiger partial charge in [0.15, 0.2) is 15.8 Å². The number of likely N-dealkylation sites (N-methyl/N-ethyl adjacent to an activating group) is 1. The highest BCUT2D eigenvalue weighted by molar-refractivity contribution is 14.0. The van der Waals surface area contributed by atoms with Gasteiger partial charge in [-0.25, -0.2) is 13.4 Å². The van der Waals surface area contributed by atoms with Gasteiger partial charge in [-0.05, 0) is 62.6 Å². The zero-order valence-corrected chi connectivity index (χ0v) is 22.3. The predicted octanol–water partition coefficient (Wildman–Crippen LogP) is 3.91. The number of guanidine groups is 1. The summed E-state index contributed by atoms with van der Waals surface area (Å²) >= 11 is 0. The standard InChI is InChI=1S/C23H34N4O2S.HI/c1-6-24-23(25-13-14-27(7-2)21-10-8-9-18(3)15-21)26-17-20-11-12-22(19(4)16-20)30(5,28)29;/h8-12,15-16H,6-7,13-14,17H2,1-5H3,(H2,24,25,26);1H. The van der Waals surface area contributed by atoms with Crippen LogP contribution in [0.25, 0.3) is 0 Å². The summed E-state index contributed by atoms with van der Waals surface area (Å²) in [7, 11) is -3.20. The number of hydrogen-bond donors (Lipinski definition) is 2. The number of aryl methyl sites for hydroxylation is 2. The lowest BCUT2D eigenvalue weighted by atomic mass is 10.1. The summed E-state index contributed by atoms with van der Waals surface area (Å²) in [6, 6.07) is 13.9. The third kappa shape index (κ3) is 8.68. The van der Waals surface area contributed by atoms with Crippen molar-refractivity contribution in [1.82, 2.24) is 10.6 Å². The molecule has 6 nitrogen and oxygen atoms in total. The first-order valence-corrected chi connectivity index (χ1v) is 12.3. The van der Waals surface area contributed by atoms with E-state index in [1.54, 1.807) is 6.07 Å².